The predicted molar refractivity (Wildman–Crippen MR) is 109 cm³/mol. The van der Waals surface area contributed by atoms with Crippen LogP contribution in [0.25, 0.3) is 0 Å². The molecule has 3 aromatic rings. The van der Waals surface area contributed by atoms with Crippen molar-refractivity contribution in [3.8, 4) is 0 Å². The summed E-state index contributed by atoms with van der Waals surface area (Å²) in [5.74, 6) is 0.433. The van der Waals surface area contributed by atoms with Gasteiger partial charge in [-0.25, -0.2) is 0 Å². The average molecular weight is 361 g/mol. The molecule has 138 valence electrons. The molecule has 0 fully saturated rings. The molecule has 1 N–H and O–H groups in total. The second-order valence-corrected chi connectivity index (χ2v) is 6.52. The lowest BCUT2D eigenvalue weighted by atomic mass is 10.2. The van der Waals surface area contributed by atoms with Gasteiger partial charge in [0.1, 0.15) is 0 Å². The minimum Gasteiger partial charge on any atom is -0.378 e. The molecule has 0 saturated heterocycles. The number of nitrogens with one attached hydrogen (secondary N) is 1. The molecule has 0 aliphatic rings. The summed E-state index contributed by atoms with van der Waals surface area (Å²) in [5, 5.41) is 11.1. The average Bonchev–Trinajstić information content (AvgIpc) is 2.69. The fourth-order valence-corrected chi connectivity index (χ4v) is 2.65. The van der Waals surface area contributed by atoms with Crippen LogP contribution in [0.3, 0.4) is 0 Å². The summed E-state index contributed by atoms with van der Waals surface area (Å²) in [6.07, 6.45) is 0. The first-order valence-corrected chi connectivity index (χ1v) is 8.70. The Morgan fingerprint density at radius 1 is 0.926 bits per heavy atom. The molecular formula is C21H23N5O. The normalized spacial score (nSPS) is 10.3. The van der Waals surface area contributed by atoms with Gasteiger partial charge in [0.2, 0.25) is 0 Å². The smallest absolute Gasteiger partial charge is 0.276 e. The number of anilines is 3. The van der Waals surface area contributed by atoms with Gasteiger partial charge in [-0.1, -0.05) is 30.3 Å². The molecule has 0 unspecified atom stereocenters. The molecule has 0 atom stereocenters. The maximum Gasteiger partial charge on any atom is 0.276 e. The number of benzene rings is 2. The van der Waals surface area contributed by atoms with Crippen LogP contribution in [0.4, 0.5) is 17.2 Å². The Labute approximate surface area is 159 Å². The minimum absolute atomic E-state index is 0.276. The van der Waals surface area contributed by atoms with Gasteiger partial charge in [0, 0.05) is 39.1 Å². The second-order valence-electron chi connectivity index (χ2n) is 6.52. The highest BCUT2D eigenvalue weighted by atomic mass is 16.1. The molecular weight excluding hydrogens is 338 g/mol. The molecule has 3 rings (SSSR count). The van der Waals surface area contributed by atoms with Crippen molar-refractivity contribution in [1.29, 1.82) is 0 Å². The van der Waals surface area contributed by atoms with E-state index >= 15 is 0 Å². The molecule has 0 saturated carbocycles. The van der Waals surface area contributed by atoms with Gasteiger partial charge < -0.3 is 15.1 Å². The summed E-state index contributed by atoms with van der Waals surface area (Å²) in [4.78, 5) is 16.3. The molecule has 1 amide bonds. The van der Waals surface area contributed by atoms with Gasteiger partial charge in [-0.05, 0) is 42.0 Å². The zero-order chi connectivity index (χ0) is 19.2. The van der Waals surface area contributed by atoms with E-state index in [1.54, 1.807) is 6.07 Å². The largest absolute Gasteiger partial charge is 0.378 e. The maximum atomic E-state index is 12.3. The fourth-order valence-electron chi connectivity index (χ4n) is 2.65. The zero-order valence-corrected chi connectivity index (χ0v) is 15.8. The van der Waals surface area contributed by atoms with E-state index in [9.17, 15) is 4.79 Å². The molecule has 0 radical (unpaired) electrons. The molecule has 6 nitrogen and oxygen atoms in total. The monoisotopic (exact) mass is 361 g/mol. The second kappa shape index (κ2) is 8.31. The third-order valence-electron chi connectivity index (χ3n) is 4.15. The Morgan fingerprint density at radius 3 is 2.37 bits per heavy atom. The number of aromatic nitrogens is 2. The van der Waals surface area contributed by atoms with E-state index in [4.69, 9.17) is 0 Å². The number of rotatable bonds is 6. The van der Waals surface area contributed by atoms with Gasteiger partial charge in [0.25, 0.3) is 5.91 Å². The lowest BCUT2D eigenvalue weighted by Crippen LogP contribution is -2.20. The molecule has 0 spiro atoms. The quantitative estimate of drug-likeness (QED) is 0.729. The summed E-state index contributed by atoms with van der Waals surface area (Å²) in [7, 11) is 6.00. The van der Waals surface area contributed by atoms with E-state index in [2.05, 4.69) is 38.6 Å². The Hall–Kier alpha value is -3.41. The van der Waals surface area contributed by atoms with E-state index < -0.39 is 0 Å². The predicted octanol–water partition coefficient (Wildman–Crippen LogP) is 3.43. The van der Waals surface area contributed by atoms with Gasteiger partial charge in [-0.2, -0.15) is 0 Å². The standard InChI is InChI=1S/C21H23N5O/c1-25(2)18-11-7-8-16(14-18)15-26(3)20-13-12-19(23-24-20)21(27)22-17-9-5-4-6-10-17/h4-14H,15H2,1-3H3,(H,22,27). The van der Waals surface area contributed by atoms with Crippen molar-refractivity contribution >= 4 is 23.1 Å². The molecule has 2 aromatic carbocycles. The summed E-state index contributed by atoms with van der Waals surface area (Å²) in [5.41, 5.74) is 3.34. The van der Waals surface area contributed by atoms with Crippen molar-refractivity contribution in [3.05, 3.63) is 78.0 Å². The number of para-hydroxylation sites is 1. The Kier molecular flexibility index (Phi) is 5.66. The van der Waals surface area contributed by atoms with E-state index in [0.717, 1.165) is 11.4 Å². The number of carbonyl (C=O) groups excluding carboxylic acids is 1. The Balaban J connectivity index is 1.66. The molecule has 0 aliphatic carbocycles. The van der Waals surface area contributed by atoms with Crippen molar-refractivity contribution in [3.63, 3.8) is 0 Å². The topological polar surface area (TPSA) is 61.4 Å². The lowest BCUT2D eigenvalue weighted by molar-refractivity contribution is 0.102. The van der Waals surface area contributed by atoms with E-state index in [1.165, 1.54) is 5.56 Å². The van der Waals surface area contributed by atoms with Crippen LogP contribution in [0.15, 0.2) is 66.7 Å². The SMILES string of the molecule is CN(C)c1cccc(CN(C)c2ccc(C(=O)Nc3ccccc3)nn2)c1. The molecule has 6 heteroatoms. The molecule has 1 aromatic heterocycles. The first-order valence-electron chi connectivity index (χ1n) is 8.70. The van der Waals surface area contributed by atoms with Crippen molar-refractivity contribution in [2.45, 2.75) is 6.54 Å². The molecule has 0 bridgehead atoms. The van der Waals surface area contributed by atoms with Crippen molar-refractivity contribution in [2.75, 3.05) is 36.3 Å². The maximum absolute atomic E-state index is 12.3. The van der Waals surface area contributed by atoms with E-state index in [1.807, 2.05) is 68.5 Å². The number of amides is 1. The van der Waals surface area contributed by atoms with Crippen LogP contribution in [0.5, 0.6) is 0 Å². The van der Waals surface area contributed by atoms with Crippen LogP contribution in [0.2, 0.25) is 0 Å². The molecule has 0 aliphatic heterocycles. The highest BCUT2D eigenvalue weighted by molar-refractivity contribution is 6.02. The van der Waals surface area contributed by atoms with E-state index in [0.29, 0.717) is 12.4 Å². The Morgan fingerprint density at radius 2 is 1.70 bits per heavy atom. The summed E-state index contributed by atoms with van der Waals surface area (Å²) < 4.78 is 0. The fraction of sp³-hybridized carbons (Fsp3) is 0.190. The van der Waals surface area contributed by atoms with Crippen LogP contribution in [-0.2, 0) is 6.54 Å². The molecule has 27 heavy (non-hydrogen) atoms. The summed E-state index contributed by atoms with van der Waals surface area (Å²) in [6.45, 7) is 0.700. The van der Waals surface area contributed by atoms with Gasteiger partial charge in [-0.3, -0.25) is 4.79 Å². The number of nitrogens with zero attached hydrogens (tertiary/aromatic N) is 4. The van der Waals surface area contributed by atoms with Crippen molar-refractivity contribution in [1.82, 2.24) is 10.2 Å². The highest BCUT2D eigenvalue weighted by Gasteiger charge is 2.11. The third kappa shape index (κ3) is 4.82. The first-order chi connectivity index (χ1) is 13.0. The van der Waals surface area contributed by atoms with Gasteiger partial charge in [0.15, 0.2) is 11.5 Å². The van der Waals surface area contributed by atoms with E-state index in [-0.39, 0.29) is 11.6 Å². The minimum atomic E-state index is -0.276. The summed E-state index contributed by atoms with van der Waals surface area (Å²) in [6, 6.07) is 21.1. The van der Waals surface area contributed by atoms with Crippen LogP contribution < -0.4 is 15.1 Å². The third-order valence-corrected chi connectivity index (χ3v) is 4.15. The summed E-state index contributed by atoms with van der Waals surface area (Å²) >= 11 is 0. The van der Waals surface area contributed by atoms with Crippen LogP contribution >= 0.6 is 0 Å². The van der Waals surface area contributed by atoms with Gasteiger partial charge in [-0.15, -0.1) is 10.2 Å². The van der Waals surface area contributed by atoms with Crippen LogP contribution in [0, 0.1) is 0 Å². The molecule has 1 heterocycles. The number of hydrogen-bond acceptors (Lipinski definition) is 5. The van der Waals surface area contributed by atoms with Gasteiger partial charge in [0.05, 0.1) is 0 Å². The first kappa shape index (κ1) is 18.4. The number of hydrogen-bond donors (Lipinski definition) is 1. The Bertz CT molecular complexity index is 894. The van der Waals surface area contributed by atoms with Crippen molar-refractivity contribution in [2.24, 2.45) is 0 Å². The van der Waals surface area contributed by atoms with Crippen molar-refractivity contribution < 1.29 is 4.79 Å². The zero-order valence-electron chi connectivity index (χ0n) is 15.8. The van der Waals surface area contributed by atoms with Crippen LogP contribution in [0.1, 0.15) is 16.1 Å². The lowest BCUT2D eigenvalue weighted by Gasteiger charge is -2.19. The van der Waals surface area contributed by atoms with Gasteiger partial charge >= 0.3 is 0 Å². The number of carbonyl (C=O) groups is 1. The van der Waals surface area contributed by atoms with Crippen LogP contribution in [-0.4, -0.2) is 37.2 Å². The highest BCUT2D eigenvalue weighted by Crippen LogP contribution is 2.17.